The first-order chi connectivity index (χ1) is 9.78. The van der Waals surface area contributed by atoms with Gasteiger partial charge in [-0.15, -0.1) is 0 Å². The molecule has 1 saturated carbocycles. The van der Waals surface area contributed by atoms with Crippen LogP contribution in [0.2, 0.25) is 0 Å². The number of anilines is 2. The van der Waals surface area contributed by atoms with Crippen LogP contribution in [-0.2, 0) is 6.54 Å². The average molecular weight is 264 g/mol. The summed E-state index contributed by atoms with van der Waals surface area (Å²) < 4.78 is 0. The summed E-state index contributed by atoms with van der Waals surface area (Å²) >= 11 is 0. The average Bonchev–Trinajstić information content (AvgIpc) is 3.31. The summed E-state index contributed by atoms with van der Waals surface area (Å²) in [6.45, 7) is 0.800. The lowest BCUT2D eigenvalue weighted by molar-refractivity contribution is 0.780. The summed E-state index contributed by atoms with van der Waals surface area (Å²) in [5, 5.41) is 8.89. The highest BCUT2D eigenvalue weighted by Crippen LogP contribution is 2.34. The minimum absolute atomic E-state index is 0.502. The lowest BCUT2D eigenvalue weighted by Gasteiger charge is -2.25. The second kappa shape index (κ2) is 5.22. The van der Waals surface area contributed by atoms with Crippen LogP contribution in [0.4, 0.5) is 11.5 Å². The summed E-state index contributed by atoms with van der Waals surface area (Å²) in [6.07, 6.45) is 3.94. The summed E-state index contributed by atoms with van der Waals surface area (Å²) in [4.78, 5) is 6.63. The predicted molar refractivity (Wildman–Crippen MR) is 79.0 cm³/mol. The van der Waals surface area contributed by atoms with E-state index in [-0.39, 0.29) is 0 Å². The van der Waals surface area contributed by atoms with E-state index in [0.717, 1.165) is 12.4 Å². The van der Waals surface area contributed by atoms with E-state index in [2.05, 4.69) is 28.1 Å². The van der Waals surface area contributed by atoms with Crippen molar-refractivity contribution in [3.63, 3.8) is 0 Å². The Bertz CT molecular complexity index is 641. The Balaban J connectivity index is 1.90. The van der Waals surface area contributed by atoms with Gasteiger partial charge in [0.2, 0.25) is 0 Å². The quantitative estimate of drug-likeness (QED) is 0.922. The molecule has 20 heavy (non-hydrogen) atoms. The molecule has 0 amide bonds. The largest absolute Gasteiger partial charge is 0.396 e. The van der Waals surface area contributed by atoms with E-state index in [0.29, 0.717) is 17.3 Å². The first kappa shape index (κ1) is 12.5. The molecule has 1 heterocycles. The smallest absolute Gasteiger partial charge is 0.152 e. The van der Waals surface area contributed by atoms with E-state index >= 15 is 0 Å². The van der Waals surface area contributed by atoms with Crippen molar-refractivity contribution in [2.24, 2.45) is 0 Å². The number of aromatic nitrogens is 1. The van der Waals surface area contributed by atoms with Gasteiger partial charge in [-0.25, -0.2) is 4.98 Å². The topological polar surface area (TPSA) is 65.9 Å². The van der Waals surface area contributed by atoms with Crippen LogP contribution in [0.3, 0.4) is 0 Å². The van der Waals surface area contributed by atoms with Crippen molar-refractivity contribution in [2.45, 2.75) is 25.4 Å². The molecule has 2 N–H and O–H groups in total. The summed E-state index contributed by atoms with van der Waals surface area (Å²) in [6, 6.07) is 14.6. The molecule has 1 aromatic heterocycles. The molecule has 4 heteroatoms. The highest BCUT2D eigenvalue weighted by atomic mass is 15.2. The zero-order chi connectivity index (χ0) is 13.9. The van der Waals surface area contributed by atoms with E-state index < -0.39 is 0 Å². The van der Waals surface area contributed by atoms with Gasteiger partial charge in [0.15, 0.2) is 5.82 Å². The number of nitriles is 1. The summed E-state index contributed by atoms with van der Waals surface area (Å²) in [5.74, 6) is 0.787. The normalized spacial score (nSPS) is 13.8. The van der Waals surface area contributed by atoms with Gasteiger partial charge in [0.05, 0.1) is 11.3 Å². The molecule has 1 aliphatic carbocycles. The maximum Gasteiger partial charge on any atom is 0.152 e. The van der Waals surface area contributed by atoms with Gasteiger partial charge in [-0.2, -0.15) is 5.26 Å². The number of rotatable bonds is 4. The maximum absolute atomic E-state index is 8.89. The monoisotopic (exact) mass is 264 g/mol. The van der Waals surface area contributed by atoms with E-state index in [4.69, 9.17) is 11.0 Å². The first-order valence-electron chi connectivity index (χ1n) is 6.74. The molecular weight excluding hydrogens is 248 g/mol. The lowest BCUT2D eigenvalue weighted by atomic mass is 10.2. The number of pyridine rings is 1. The predicted octanol–water partition coefficient (Wildman–Crippen LogP) is 2.70. The van der Waals surface area contributed by atoms with Gasteiger partial charge in [-0.3, -0.25) is 0 Å². The molecule has 0 aliphatic heterocycles. The SMILES string of the molecule is N#Cc1cnc(N(Cc2ccccc2)C2CC2)c(N)c1. The molecular formula is C16H16N4. The number of hydrogen-bond acceptors (Lipinski definition) is 4. The molecule has 3 rings (SSSR count). The van der Waals surface area contributed by atoms with Crippen molar-refractivity contribution >= 4 is 11.5 Å². The molecule has 1 aliphatic rings. The zero-order valence-corrected chi connectivity index (χ0v) is 11.2. The molecule has 1 aromatic carbocycles. The molecule has 0 bridgehead atoms. The molecule has 2 aromatic rings. The van der Waals surface area contributed by atoms with E-state index in [1.807, 2.05) is 18.2 Å². The van der Waals surface area contributed by atoms with E-state index in [1.165, 1.54) is 18.4 Å². The zero-order valence-electron chi connectivity index (χ0n) is 11.2. The van der Waals surface area contributed by atoms with Gasteiger partial charge in [-0.1, -0.05) is 30.3 Å². The van der Waals surface area contributed by atoms with Crippen LogP contribution < -0.4 is 10.6 Å². The van der Waals surface area contributed by atoms with Crippen LogP contribution in [0.5, 0.6) is 0 Å². The van der Waals surface area contributed by atoms with Gasteiger partial charge < -0.3 is 10.6 Å². The van der Waals surface area contributed by atoms with Gasteiger partial charge in [0.25, 0.3) is 0 Å². The number of nitrogen functional groups attached to an aromatic ring is 1. The van der Waals surface area contributed by atoms with Crippen molar-refractivity contribution in [1.82, 2.24) is 4.98 Å². The highest BCUT2D eigenvalue weighted by Gasteiger charge is 2.31. The fraction of sp³-hybridized carbons (Fsp3) is 0.250. The Morgan fingerprint density at radius 1 is 1.30 bits per heavy atom. The maximum atomic E-state index is 8.89. The van der Waals surface area contributed by atoms with Gasteiger partial charge in [0, 0.05) is 18.8 Å². The molecule has 0 spiro atoms. The number of benzene rings is 1. The van der Waals surface area contributed by atoms with E-state index in [1.54, 1.807) is 12.3 Å². The molecule has 0 saturated heterocycles. The van der Waals surface area contributed by atoms with E-state index in [9.17, 15) is 0 Å². The van der Waals surface area contributed by atoms with Gasteiger partial charge in [0.1, 0.15) is 6.07 Å². The van der Waals surface area contributed by atoms with Crippen LogP contribution in [0.25, 0.3) is 0 Å². The fourth-order valence-electron chi connectivity index (χ4n) is 2.32. The Kier molecular flexibility index (Phi) is 3.26. The van der Waals surface area contributed by atoms with Gasteiger partial charge in [-0.05, 0) is 24.5 Å². The number of hydrogen-bond donors (Lipinski definition) is 1. The van der Waals surface area contributed by atoms with Crippen LogP contribution in [0, 0.1) is 11.3 Å². The third-order valence-corrected chi connectivity index (χ3v) is 3.48. The van der Waals surface area contributed by atoms with Crippen LogP contribution in [-0.4, -0.2) is 11.0 Å². The minimum Gasteiger partial charge on any atom is -0.396 e. The van der Waals surface area contributed by atoms with Crippen molar-refractivity contribution in [3.05, 3.63) is 53.7 Å². The Hall–Kier alpha value is -2.54. The van der Waals surface area contributed by atoms with Crippen LogP contribution in [0.15, 0.2) is 42.6 Å². The van der Waals surface area contributed by atoms with Crippen LogP contribution >= 0.6 is 0 Å². The number of nitrogens with zero attached hydrogens (tertiary/aromatic N) is 3. The van der Waals surface area contributed by atoms with Crippen molar-refractivity contribution in [1.29, 1.82) is 5.26 Å². The molecule has 100 valence electrons. The molecule has 0 unspecified atom stereocenters. The highest BCUT2D eigenvalue weighted by molar-refractivity contribution is 5.65. The first-order valence-corrected chi connectivity index (χ1v) is 6.74. The Morgan fingerprint density at radius 2 is 2.05 bits per heavy atom. The molecule has 1 fully saturated rings. The van der Waals surface area contributed by atoms with Crippen LogP contribution in [0.1, 0.15) is 24.0 Å². The minimum atomic E-state index is 0.502. The fourth-order valence-corrected chi connectivity index (χ4v) is 2.32. The van der Waals surface area contributed by atoms with Crippen molar-refractivity contribution in [3.8, 4) is 6.07 Å². The Labute approximate surface area is 118 Å². The van der Waals surface area contributed by atoms with Crippen molar-refractivity contribution < 1.29 is 0 Å². The summed E-state index contributed by atoms with van der Waals surface area (Å²) in [7, 11) is 0. The standard InChI is InChI=1S/C16H16N4/c17-9-13-8-15(18)16(19-10-13)20(14-6-7-14)11-12-4-2-1-3-5-12/h1-5,8,10,14H,6-7,11,18H2. The van der Waals surface area contributed by atoms with Gasteiger partial charge >= 0.3 is 0 Å². The van der Waals surface area contributed by atoms with Crippen molar-refractivity contribution in [2.75, 3.05) is 10.6 Å². The molecule has 4 nitrogen and oxygen atoms in total. The lowest BCUT2D eigenvalue weighted by Crippen LogP contribution is -2.27. The number of nitrogens with two attached hydrogens (primary N) is 1. The Morgan fingerprint density at radius 3 is 2.65 bits per heavy atom. The summed E-state index contributed by atoms with van der Waals surface area (Å²) in [5.41, 5.74) is 8.38. The molecule has 0 atom stereocenters. The second-order valence-electron chi connectivity index (χ2n) is 5.09. The molecule has 0 radical (unpaired) electrons. The third-order valence-electron chi connectivity index (χ3n) is 3.48. The second-order valence-corrected chi connectivity index (χ2v) is 5.09. The third kappa shape index (κ3) is 2.57.